The van der Waals surface area contributed by atoms with E-state index >= 15 is 0 Å². The van der Waals surface area contributed by atoms with E-state index in [1.165, 1.54) is 0 Å². The minimum Gasteiger partial charge on any atom is -0.292 e. The number of H-pyrrole nitrogens is 2. The summed E-state index contributed by atoms with van der Waals surface area (Å²) in [6.45, 7) is 2.11. The van der Waals surface area contributed by atoms with E-state index in [4.69, 9.17) is 12.2 Å². The quantitative estimate of drug-likeness (QED) is 0.432. The highest BCUT2D eigenvalue weighted by atomic mass is 79.9. The van der Waals surface area contributed by atoms with Crippen molar-refractivity contribution < 1.29 is 0 Å². The monoisotopic (exact) mass is 425 g/mol. The van der Waals surface area contributed by atoms with E-state index in [1.807, 2.05) is 53.1 Å². The molecule has 0 bridgehead atoms. The van der Waals surface area contributed by atoms with Crippen LogP contribution in [0.25, 0.3) is 22.8 Å². The van der Waals surface area contributed by atoms with Gasteiger partial charge in [-0.05, 0) is 42.9 Å². The summed E-state index contributed by atoms with van der Waals surface area (Å²) in [4.78, 5) is 0. The summed E-state index contributed by atoms with van der Waals surface area (Å²) in [6, 6.07) is 20.3. The van der Waals surface area contributed by atoms with Crippen LogP contribution < -0.4 is 0 Å². The van der Waals surface area contributed by atoms with Crippen molar-refractivity contribution in [3.63, 3.8) is 0 Å². The Kier molecular flexibility index (Phi) is 4.57. The smallest absolute Gasteiger partial charge is 0.196 e. The van der Waals surface area contributed by atoms with Gasteiger partial charge in [0, 0.05) is 10.0 Å². The number of benzene rings is 2. The Morgan fingerprint density at radius 2 is 1.81 bits per heavy atom. The fourth-order valence-corrected chi connectivity index (χ4v) is 3.66. The second-order valence-corrected chi connectivity index (χ2v) is 7.29. The molecular formula is C19H16BrN5S. The van der Waals surface area contributed by atoms with Crippen LogP contribution in [0.1, 0.15) is 18.5 Å². The lowest BCUT2D eigenvalue weighted by Gasteiger charge is -2.15. The Bertz CT molecular complexity index is 1100. The zero-order valence-corrected chi connectivity index (χ0v) is 16.4. The van der Waals surface area contributed by atoms with Crippen molar-refractivity contribution in [3.05, 3.63) is 75.5 Å². The Morgan fingerprint density at radius 1 is 1.00 bits per heavy atom. The molecular weight excluding hydrogens is 410 g/mol. The normalized spacial score (nSPS) is 12.2. The molecule has 0 radical (unpaired) electrons. The first-order chi connectivity index (χ1) is 12.6. The van der Waals surface area contributed by atoms with Gasteiger partial charge in [0.2, 0.25) is 0 Å². The minimum atomic E-state index is 0.0510. The van der Waals surface area contributed by atoms with Gasteiger partial charge in [-0.15, -0.1) is 0 Å². The van der Waals surface area contributed by atoms with E-state index < -0.39 is 0 Å². The molecule has 0 amide bonds. The maximum absolute atomic E-state index is 5.47. The molecule has 0 fully saturated rings. The molecule has 130 valence electrons. The van der Waals surface area contributed by atoms with Gasteiger partial charge >= 0.3 is 0 Å². The van der Waals surface area contributed by atoms with Crippen molar-refractivity contribution in [3.8, 4) is 22.8 Å². The molecule has 4 rings (SSSR count). The lowest BCUT2D eigenvalue weighted by Crippen LogP contribution is -2.08. The van der Waals surface area contributed by atoms with Crippen LogP contribution in [0.2, 0.25) is 0 Å². The lowest BCUT2D eigenvalue weighted by molar-refractivity contribution is 0.634. The van der Waals surface area contributed by atoms with Gasteiger partial charge in [-0.1, -0.05) is 58.4 Å². The van der Waals surface area contributed by atoms with Gasteiger partial charge in [0.1, 0.15) is 5.69 Å². The third kappa shape index (κ3) is 3.15. The fraction of sp³-hybridized carbons (Fsp3) is 0.105. The first kappa shape index (κ1) is 16.9. The summed E-state index contributed by atoms with van der Waals surface area (Å²) in [6.07, 6.45) is 0. The number of hydrogen-bond acceptors (Lipinski definition) is 3. The lowest BCUT2D eigenvalue weighted by atomic mass is 10.1. The molecule has 4 aromatic rings. The SMILES string of the molecule is C[C@@H](c1ccccc1)n1c(-c2cc(-c3cccc(Br)c3)n[nH]2)n[nH]c1=S. The van der Waals surface area contributed by atoms with Crippen molar-refractivity contribution in [2.24, 2.45) is 0 Å². The zero-order valence-electron chi connectivity index (χ0n) is 14.0. The van der Waals surface area contributed by atoms with Gasteiger partial charge in [-0.25, -0.2) is 0 Å². The van der Waals surface area contributed by atoms with Crippen LogP contribution in [0, 0.1) is 4.77 Å². The van der Waals surface area contributed by atoms with Gasteiger partial charge < -0.3 is 0 Å². The molecule has 26 heavy (non-hydrogen) atoms. The Morgan fingerprint density at radius 3 is 2.58 bits per heavy atom. The number of aromatic nitrogens is 5. The Balaban J connectivity index is 1.75. The maximum atomic E-state index is 5.47. The van der Waals surface area contributed by atoms with E-state index in [1.54, 1.807) is 0 Å². The van der Waals surface area contributed by atoms with Crippen LogP contribution in [-0.2, 0) is 0 Å². The van der Waals surface area contributed by atoms with Gasteiger partial charge in [0.25, 0.3) is 0 Å². The Labute approximate surface area is 164 Å². The van der Waals surface area contributed by atoms with E-state index in [0.29, 0.717) is 4.77 Å². The fourth-order valence-electron chi connectivity index (χ4n) is 2.97. The van der Waals surface area contributed by atoms with E-state index in [0.717, 1.165) is 32.8 Å². The highest BCUT2D eigenvalue weighted by Crippen LogP contribution is 2.28. The zero-order chi connectivity index (χ0) is 18.1. The maximum Gasteiger partial charge on any atom is 0.196 e. The summed E-state index contributed by atoms with van der Waals surface area (Å²) >= 11 is 8.97. The molecule has 0 aliphatic carbocycles. The third-order valence-corrected chi connectivity index (χ3v) is 5.09. The summed E-state index contributed by atoms with van der Waals surface area (Å²) in [7, 11) is 0. The largest absolute Gasteiger partial charge is 0.292 e. The first-order valence-electron chi connectivity index (χ1n) is 8.17. The van der Waals surface area contributed by atoms with Crippen molar-refractivity contribution in [1.29, 1.82) is 0 Å². The van der Waals surface area contributed by atoms with Crippen molar-refractivity contribution in [2.45, 2.75) is 13.0 Å². The second-order valence-electron chi connectivity index (χ2n) is 5.99. The molecule has 0 unspecified atom stereocenters. The first-order valence-corrected chi connectivity index (χ1v) is 9.37. The van der Waals surface area contributed by atoms with E-state index in [9.17, 15) is 0 Å². The van der Waals surface area contributed by atoms with Crippen LogP contribution in [0.5, 0.6) is 0 Å². The number of nitrogens with zero attached hydrogens (tertiary/aromatic N) is 3. The Hall–Kier alpha value is -2.51. The standard InChI is InChI=1S/C19H16BrN5S/c1-12(13-6-3-2-4-7-13)25-18(23-24-19(25)26)17-11-16(21-22-17)14-8-5-9-15(20)10-14/h2-12H,1H3,(H,21,22)(H,24,26)/t12-/m0/s1. The summed E-state index contributed by atoms with van der Waals surface area (Å²) in [5, 5.41) is 14.9. The predicted molar refractivity (Wildman–Crippen MR) is 108 cm³/mol. The second kappa shape index (κ2) is 7.01. The topological polar surface area (TPSA) is 62.3 Å². The molecule has 5 nitrogen and oxygen atoms in total. The van der Waals surface area contributed by atoms with Crippen molar-refractivity contribution in [2.75, 3.05) is 0 Å². The minimum absolute atomic E-state index is 0.0510. The van der Waals surface area contributed by atoms with Gasteiger partial charge in [-0.2, -0.15) is 10.2 Å². The molecule has 0 saturated carbocycles. The molecule has 0 aliphatic heterocycles. The molecule has 2 aromatic carbocycles. The van der Waals surface area contributed by atoms with Crippen LogP contribution in [0.15, 0.2) is 65.1 Å². The molecule has 2 heterocycles. The van der Waals surface area contributed by atoms with E-state index in [-0.39, 0.29) is 6.04 Å². The van der Waals surface area contributed by atoms with E-state index in [2.05, 4.69) is 55.4 Å². The van der Waals surface area contributed by atoms with Gasteiger partial charge in [0.05, 0.1) is 11.7 Å². The molecule has 1 atom stereocenters. The summed E-state index contributed by atoms with van der Waals surface area (Å²) in [5.74, 6) is 0.736. The number of aromatic amines is 2. The molecule has 2 aromatic heterocycles. The van der Waals surface area contributed by atoms with Gasteiger partial charge in [-0.3, -0.25) is 14.8 Å². The molecule has 0 spiro atoms. The predicted octanol–water partition coefficient (Wildman–Crippen LogP) is 5.37. The van der Waals surface area contributed by atoms with Gasteiger partial charge in [0.15, 0.2) is 10.6 Å². The highest BCUT2D eigenvalue weighted by molar-refractivity contribution is 9.10. The van der Waals surface area contributed by atoms with Crippen molar-refractivity contribution >= 4 is 28.1 Å². The third-order valence-electron chi connectivity index (χ3n) is 4.31. The molecule has 0 aliphatic rings. The van der Waals surface area contributed by atoms with Crippen LogP contribution >= 0.6 is 28.1 Å². The number of rotatable bonds is 4. The average molecular weight is 426 g/mol. The number of halogens is 1. The number of nitrogens with one attached hydrogen (secondary N) is 2. The molecule has 0 saturated heterocycles. The molecule has 2 N–H and O–H groups in total. The summed E-state index contributed by atoms with van der Waals surface area (Å²) < 4.78 is 3.60. The number of hydrogen-bond donors (Lipinski definition) is 2. The molecule has 7 heteroatoms. The highest BCUT2D eigenvalue weighted by Gasteiger charge is 2.18. The van der Waals surface area contributed by atoms with Crippen LogP contribution in [0.4, 0.5) is 0 Å². The van der Waals surface area contributed by atoms with Crippen LogP contribution in [-0.4, -0.2) is 25.0 Å². The van der Waals surface area contributed by atoms with Crippen molar-refractivity contribution in [1.82, 2.24) is 25.0 Å². The van der Waals surface area contributed by atoms with Crippen LogP contribution in [0.3, 0.4) is 0 Å². The summed E-state index contributed by atoms with van der Waals surface area (Å²) in [5.41, 5.74) is 3.86. The average Bonchev–Trinajstić information content (AvgIpc) is 3.28.